The van der Waals surface area contributed by atoms with E-state index in [4.69, 9.17) is 33.7 Å². The Labute approximate surface area is 243 Å². The Kier molecular flexibility index (Phi) is 8.93. The number of morpholine rings is 1. The number of esters is 1. The van der Waals surface area contributed by atoms with Gasteiger partial charge in [-0.25, -0.2) is 9.78 Å². The van der Waals surface area contributed by atoms with Crippen LogP contribution in [0.5, 0.6) is 17.2 Å². The van der Waals surface area contributed by atoms with Gasteiger partial charge in [0.2, 0.25) is 11.7 Å². The highest BCUT2D eigenvalue weighted by Gasteiger charge is 2.28. The molecular weight excluding hydrogens is 548 g/mol. The number of hydrogen-bond acceptors (Lipinski definition) is 13. The number of rotatable bonds is 10. The highest BCUT2D eigenvalue weighted by atomic mass is 32.1. The van der Waals surface area contributed by atoms with Gasteiger partial charge in [0.05, 0.1) is 46.8 Å². The molecule has 1 N–H and O–H groups in total. The molecule has 41 heavy (non-hydrogen) atoms. The van der Waals surface area contributed by atoms with Gasteiger partial charge in [0.1, 0.15) is 16.5 Å². The number of thiazole rings is 1. The molecule has 13 heteroatoms. The van der Waals surface area contributed by atoms with Crippen LogP contribution >= 0.6 is 11.3 Å². The third-order valence-corrected chi connectivity index (χ3v) is 8.06. The highest BCUT2D eigenvalue weighted by Crippen LogP contribution is 2.40. The number of aromatic nitrogens is 3. The summed E-state index contributed by atoms with van der Waals surface area (Å²) in [4.78, 5) is 31.8. The first kappa shape index (κ1) is 28.7. The second-order valence-electron chi connectivity index (χ2n) is 9.61. The summed E-state index contributed by atoms with van der Waals surface area (Å²) in [6, 6.07) is 3.93. The minimum Gasteiger partial charge on any atom is -0.493 e. The van der Waals surface area contributed by atoms with Crippen molar-refractivity contribution in [1.82, 2.24) is 15.0 Å². The predicted octanol–water partition coefficient (Wildman–Crippen LogP) is 3.98. The minimum absolute atomic E-state index is 0.303. The van der Waals surface area contributed by atoms with E-state index in [1.807, 2.05) is 12.1 Å². The molecule has 4 heterocycles. The first-order chi connectivity index (χ1) is 19.9. The molecule has 2 aromatic heterocycles. The average molecular weight is 585 g/mol. The van der Waals surface area contributed by atoms with Crippen molar-refractivity contribution in [3.05, 3.63) is 33.8 Å². The largest absolute Gasteiger partial charge is 0.493 e. The number of fused-ring (bicyclic) bond motifs is 1. The summed E-state index contributed by atoms with van der Waals surface area (Å²) in [6.07, 6.45) is 1.84. The monoisotopic (exact) mass is 584 g/mol. The Morgan fingerprint density at radius 3 is 2.39 bits per heavy atom. The first-order valence-electron chi connectivity index (χ1n) is 13.6. The van der Waals surface area contributed by atoms with E-state index in [0.717, 1.165) is 55.2 Å². The summed E-state index contributed by atoms with van der Waals surface area (Å²) < 4.78 is 27.5. The molecule has 0 unspecified atom stereocenters. The molecule has 0 amide bonds. The predicted molar refractivity (Wildman–Crippen MR) is 157 cm³/mol. The van der Waals surface area contributed by atoms with E-state index < -0.39 is 0 Å². The number of carbonyl (C=O) groups excluding carboxylic acids is 1. The van der Waals surface area contributed by atoms with E-state index in [0.29, 0.717) is 65.3 Å². The summed E-state index contributed by atoms with van der Waals surface area (Å²) in [7, 11) is 4.83. The average Bonchev–Trinajstić information content (AvgIpc) is 3.36. The van der Waals surface area contributed by atoms with Gasteiger partial charge in [-0.2, -0.15) is 9.97 Å². The lowest BCUT2D eigenvalue weighted by Crippen LogP contribution is -2.39. The second-order valence-corrected chi connectivity index (χ2v) is 10.6. The Bertz CT molecular complexity index is 1370. The summed E-state index contributed by atoms with van der Waals surface area (Å²) in [6.45, 7) is 8.08. The van der Waals surface area contributed by atoms with Crippen LogP contribution in [-0.4, -0.2) is 81.7 Å². The van der Waals surface area contributed by atoms with Crippen LogP contribution in [0.1, 0.15) is 39.8 Å². The fourth-order valence-electron chi connectivity index (χ4n) is 5.12. The summed E-state index contributed by atoms with van der Waals surface area (Å²) in [5.41, 5.74) is 2.72. The molecule has 1 fully saturated rings. The molecule has 2 aliphatic heterocycles. The lowest BCUT2D eigenvalue weighted by atomic mass is 10.0. The van der Waals surface area contributed by atoms with Gasteiger partial charge in [0, 0.05) is 31.7 Å². The number of hydrogen-bond donors (Lipinski definition) is 1. The van der Waals surface area contributed by atoms with Gasteiger partial charge in [-0.15, -0.1) is 0 Å². The molecular formula is C28H36N6O6S. The quantitative estimate of drug-likeness (QED) is 0.347. The lowest BCUT2D eigenvalue weighted by molar-refractivity contribution is 0.0531. The molecule has 5 rings (SSSR count). The second kappa shape index (κ2) is 12.8. The smallest absolute Gasteiger partial charge is 0.350 e. The minimum atomic E-state index is -0.382. The van der Waals surface area contributed by atoms with Gasteiger partial charge in [-0.1, -0.05) is 11.3 Å². The number of aryl methyl sites for hydroxylation is 1. The lowest BCUT2D eigenvalue weighted by Gasteiger charge is -2.35. The molecule has 1 aromatic carbocycles. The van der Waals surface area contributed by atoms with Crippen molar-refractivity contribution in [2.45, 2.75) is 33.2 Å². The van der Waals surface area contributed by atoms with Gasteiger partial charge >= 0.3 is 5.97 Å². The van der Waals surface area contributed by atoms with E-state index in [-0.39, 0.29) is 5.97 Å². The van der Waals surface area contributed by atoms with Crippen molar-refractivity contribution in [2.75, 3.05) is 75.9 Å². The summed E-state index contributed by atoms with van der Waals surface area (Å²) in [5.74, 6) is 3.57. The molecule has 0 saturated carbocycles. The topological polar surface area (TPSA) is 120 Å². The van der Waals surface area contributed by atoms with Gasteiger partial charge < -0.3 is 33.5 Å². The zero-order valence-electron chi connectivity index (χ0n) is 24.1. The third-order valence-electron chi connectivity index (χ3n) is 7.00. The maximum Gasteiger partial charge on any atom is 0.350 e. The van der Waals surface area contributed by atoms with Gasteiger partial charge in [-0.3, -0.25) is 5.32 Å². The van der Waals surface area contributed by atoms with Crippen molar-refractivity contribution >= 4 is 40.0 Å². The Morgan fingerprint density at radius 1 is 1.02 bits per heavy atom. The number of nitrogens with one attached hydrogen (secondary N) is 1. The van der Waals surface area contributed by atoms with Crippen LogP contribution in [-0.2, 0) is 22.4 Å². The van der Waals surface area contributed by atoms with Crippen molar-refractivity contribution in [3.8, 4) is 17.2 Å². The maximum atomic E-state index is 12.4. The standard InChI is InChI=1S/C28H36N6O6S/c1-6-40-26(35)23-17(2)29-28(41-23)32-27-30-24(33-10-12-39-13-11-33)19-8-7-9-34(25(19)31-27)16-18-14-20(36-3)22(38-5)21(15-18)37-4/h14-15H,6-13,16H2,1-5H3,(H,29,30,31,32). The molecule has 0 atom stereocenters. The number of benzene rings is 1. The molecule has 0 spiro atoms. The van der Waals surface area contributed by atoms with Crippen molar-refractivity contribution in [2.24, 2.45) is 0 Å². The normalized spacial score (nSPS) is 14.9. The molecule has 0 bridgehead atoms. The Hall–Kier alpha value is -3.84. The van der Waals surface area contributed by atoms with Gasteiger partial charge in [0.25, 0.3) is 0 Å². The number of carbonyl (C=O) groups is 1. The number of anilines is 4. The number of nitrogens with zero attached hydrogens (tertiary/aromatic N) is 5. The van der Waals surface area contributed by atoms with Crippen LogP contribution in [0.3, 0.4) is 0 Å². The van der Waals surface area contributed by atoms with E-state index >= 15 is 0 Å². The van der Waals surface area contributed by atoms with Crippen LogP contribution in [0, 0.1) is 6.92 Å². The van der Waals surface area contributed by atoms with Gasteiger partial charge in [-0.05, 0) is 44.4 Å². The number of methoxy groups -OCH3 is 3. The van der Waals surface area contributed by atoms with Crippen LogP contribution in [0.15, 0.2) is 12.1 Å². The SMILES string of the molecule is CCOC(=O)c1sc(Nc2nc(N3CCOCC3)c3c(n2)N(Cc2cc(OC)c(OC)c(OC)c2)CCC3)nc1C. The molecule has 3 aromatic rings. The van der Waals surface area contributed by atoms with Crippen molar-refractivity contribution in [1.29, 1.82) is 0 Å². The number of ether oxygens (including phenoxy) is 5. The molecule has 0 aliphatic carbocycles. The van der Waals surface area contributed by atoms with Crippen LogP contribution < -0.4 is 29.3 Å². The van der Waals surface area contributed by atoms with Crippen LogP contribution in [0.4, 0.5) is 22.7 Å². The fourth-order valence-corrected chi connectivity index (χ4v) is 5.98. The van der Waals surface area contributed by atoms with E-state index in [2.05, 4.69) is 20.1 Å². The van der Waals surface area contributed by atoms with E-state index in [9.17, 15) is 4.79 Å². The Balaban J connectivity index is 1.52. The van der Waals surface area contributed by atoms with Crippen LogP contribution in [0.2, 0.25) is 0 Å². The highest BCUT2D eigenvalue weighted by molar-refractivity contribution is 7.17. The van der Waals surface area contributed by atoms with E-state index in [1.165, 1.54) is 11.3 Å². The third kappa shape index (κ3) is 6.10. The molecule has 2 aliphatic rings. The van der Waals surface area contributed by atoms with Crippen molar-refractivity contribution in [3.63, 3.8) is 0 Å². The molecule has 1 saturated heterocycles. The molecule has 12 nitrogen and oxygen atoms in total. The van der Waals surface area contributed by atoms with Crippen LogP contribution in [0.25, 0.3) is 0 Å². The zero-order valence-corrected chi connectivity index (χ0v) is 24.9. The fraction of sp³-hybridized carbons (Fsp3) is 0.500. The first-order valence-corrected chi connectivity index (χ1v) is 14.5. The zero-order chi connectivity index (χ0) is 28.9. The van der Waals surface area contributed by atoms with E-state index in [1.54, 1.807) is 35.2 Å². The maximum absolute atomic E-state index is 12.4. The Morgan fingerprint density at radius 2 is 1.73 bits per heavy atom. The summed E-state index contributed by atoms with van der Waals surface area (Å²) >= 11 is 1.23. The molecule has 220 valence electrons. The summed E-state index contributed by atoms with van der Waals surface area (Å²) in [5, 5.41) is 3.80. The molecule has 0 radical (unpaired) electrons. The van der Waals surface area contributed by atoms with Gasteiger partial charge in [0.15, 0.2) is 16.6 Å². The van der Waals surface area contributed by atoms with Crippen molar-refractivity contribution < 1.29 is 28.5 Å².